The van der Waals surface area contributed by atoms with E-state index in [-0.39, 0.29) is 5.69 Å². The Morgan fingerprint density at radius 3 is 2.36 bits per heavy atom. The summed E-state index contributed by atoms with van der Waals surface area (Å²) in [5.74, 6) is 0. The van der Waals surface area contributed by atoms with Crippen molar-refractivity contribution < 1.29 is 4.92 Å². The Morgan fingerprint density at radius 1 is 1.08 bits per heavy atom. The fourth-order valence-electron chi connectivity index (χ4n) is 2.79. The predicted molar refractivity (Wildman–Crippen MR) is 91.7 cm³/mol. The smallest absolute Gasteiger partial charge is 0.261 e. The van der Waals surface area contributed by atoms with Crippen molar-refractivity contribution in [3.05, 3.63) is 100 Å². The van der Waals surface area contributed by atoms with Gasteiger partial charge in [-0.05, 0) is 11.1 Å². The van der Waals surface area contributed by atoms with E-state index >= 15 is 0 Å². The van der Waals surface area contributed by atoms with Gasteiger partial charge in [0.05, 0.1) is 22.9 Å². The standard InChI is InChI=1S/C19H14N4O2/c20-14-19(16-4-2-1-3-5-16,18-13-21-10-11-22-18)12-15-6-8-17(9-7-15)23(24)25/h1-11,13H,12H2. The van der Waals surface area contributed by atoms with Gasteiger partial charge in [0.15, 0.2) is 0 Å². The molecule has 0 saturated heterocycles. The number of benzene rings is 2. The first-order chi connectivity index (χ1) is 12.2. The third-order valence-corrected chi connectivity index (χ3v) is 4.07. The summed E-state index contributed by atoms with van der Waals surface area (Å²) in [6, 6.07) is 18.0. The molecule has 1 heterocycles. The molecule has 0 fully saturated rings. The highest BCUT2D eigenvalue weighted by molar-refractivity contribution is 5.45. The van der Waals surface area contributed by atoms with Gasteiger partial charge in [-0.15, -0.1) is 0 Å². The summed E-state index contributed by atoms with van der Waals surface area (Å²) >= 11 is 0. The molecule has 1 aromatic heterocycles. The van der Waals surface area contributed by atoms with Gasteiger partial charge < -0.3 is 0 Å². The lowest BCUT2D eigenvalue weighted by Gasteiger charge is -2.26. The number of rotatable bonds is 5. The van der Waals surface area contributed by atoms with Crippen molar-refractivity contribution >= 4 is 5.69 Å². The summed E-state index contributed by atoms with van der Waals surface area (Å²) < 4.78 is 0. The van der Waals surface area contributed by atoms with Crippen LogP contribution in [0.1, 0.15) is 16.8 Å². The first-order valence-corrected chi connectivity index (χ1v) is 7.62. The minimum atomic E-state index is -1.02. The average Bonchev–Trinajstić information content (AvgIpc) is 2.68. The molecule has 0 aliphatic rings. The Kier molecular flexibility index (Phi) is 4.48. The van der Waals surface area contributed by atoms with Crippen LogP contribution in [0, 0.1) is 21.4 Å². The minimum absolute atomic E-state index is 0.0190. The first-order valence-electron chi connectivity index (χ1n) is 7.62. The second kappa shape index (κ2) is 6.89. The fraction of sp³-hybridized carbons (Fsp3) is 0.105. The van der Waals surface area contributed by atoms with E-state index in [1.165, 1.54) is 12.1 Å². The lowest BCUT2D eigenvalue weighted by atomic mass is 9.74. The maximum atomic E-state index is 10.8. The van der Waals surface area contributed by atoms with Crippen LogP contribution in [0.2, 0.25) is 0 Å². The molecule has 3 rings (SSSR count). The Bertz CT molecular complexity index is 864. The highest BCUT2D eigenvalue weighted by Gasteiger charge is 2.36. The van der Waals surface area contributed by atoms with E-state index in [2.05, 4.69) is 16.0 Å². The maximum absolute atomic E-state index is 10.8. The van der Waals surface area contributed by atoms with E-state index in [0.29, 0.717) is 12.1 Å². The van der Waals surface area contributed by atoms with E-state index in [1.807, 2.05) is 30.3 Å². The first kappa shape index (κ1) is 16.3. The number of nitriles is 1. The van der Waals surface area contributed by atoms with Gasteiger partial charge in [-0.2, -0.15) is 5.26 Å². The zero-order valence-electron chi connectivity index (χ0n) is 13.2. The molecule has 0 spiro atoms. The van der Waals surface area contributed by atoms with Gasteiger partial charge in [-0.3, -0.25) is 20.1 Å². The molecule has 6 nitrogen and oxygen atoms in total. The van der Waals surface area contributed by atoms with Crippen molar-refractivity contribution in [2.75, 3.05) is 0 Å². The molecule has 0 bridgehead atoms. The molecule has 25 heavy (non-hydrogen) atoms. The number of nitro groups is 1. The van der Waals surface area contributed by atoms with E-state index in [0.717, 1.165) is 11.1 Å². The number of nitro benzene ring substituents is 1. The Morgan fingerprint density at radius 2 is 1.80 bits per heavy atom. The average molecular weight is 330 g/mol. The Hall–Kier alpha value is -3.59. The molecule has 1 atom stereocenters. The number of non-ortho nitro benzene ring substituents is 1. The van der Waals surface area contributed by atoms with E-state index < -0.39 is 10.3 Å². The van der Waals surface area contributed by atoms with Gasteiger partial charge in [-0.1, -0.05) is 42.5 Å². The van der Waals surface area contributed by atoms with E-state index in [4.69, 9.17) is 0 Å². The molecule has 0 radical (unpaired) electrons. The summed E-state index contributed by atoms with van der Waals surface area (Å²) in [7, 11) is 0. The monoisotopic (exact) mass is 330 g/mol. The van der Waals surface area contributed by atoms with Crippen LogP contribution >= 0.6 is 0 Å². The van der Waals surface area contributed by atoms with Crippen LogP contribution in [-0.4, -0.2) is 14.9 Å². The van der Waals surface area contributed by atoms with Gasteiger partial charge in [-0.25, -0.2) is 0 Å². The van der Waals surface area contributed by atoms with Gasteiger partial charge >= 0.3 is 0 Å². The molecule has 6 heteroatoms. The van der Waals surface area contributed by atoms with Crippen molar-refractivity contribution in [3.63, 3.8) is 0 Å². The van der Waals surface area contributed by atoms with Gasteiger partial charge in [0.1, 0.15) is 5.41 Å². The molecule has 1 unspecified atom stereocenters. The highest BCUT2D eigenvalue weighted by Crippen LogP contribution is 2.34. The fourth-order valence-corrected chi connectivity index (χ4v) is 2.79. The quantitative estimate of drug-likeness (QED) is 0.528. The molecule has 0 aliphatic carbocycles. The Balaban J connectivity index is 2.09. The molecule has 0 saturated carbocycles. The topological polar surface area (TPSA) is 92.7 Å². The summed E-state index contributed by atoms with van der Waals surface area (Å²) in [6.07, 6.45) is 5.04. The van der Waals surface area contributed by atoms with Crippen LogP contribution in [0.4, 0.5) is 5.69 Å². The molecule has 122 valence electrons. The number of hydrogen-bond donors (Lipinski definition) is 0. The number of nitrogens with zero attached hydrogens (tertiary/aromatic N) is 4. The van der Waals surface area contributed by atoms with Gasteiger partial charge in [0.2, 0.25) is 0 Å². The van der Waals surface area contributed by atoms with Crippen molar-refractivity contribution in [3.8, 4) is 6.07 Å². The third-order valence-electron chi connectivity index (χ3n) is 4.07. The lowest BCUT2D eigenvalue weighted by Crippen LogP contribution is -2.30. The molecular weight excluding hydrogens is 316 g/mol. The maximum Gasteiger partial charge on any atom is 0.269 e. The van der Waals surface area contributed by atoms with E-state index in [1.54, 1.807) is 30.7 Å². The summed E-state index contributed by atoms with van der Waals surface area (Å²) in [4.78, 5) is 18.8. The van der Waals surface area contributed by atoms with Crippen LogP contribution in [0.3, 0.4) is 0 Å². The molecular formula is C19H14N4O2. The second-order valence-electron chi connectivity index (χ2n) is 5.57. The Labute approximate surface area is 144 Å². The van der Waals surface area contributed by atoms with Crippen molar-refractivity contribution in [2.24, 2.45) is 0 Å². The van der Waals surface area contributed by atoms with Crippen molar-refractivity contribution in [1.82, 2.24) is 9.97 Å². The molecule has 2 aromatic carbocycles. The minimum Gasteiger partial charge on any atom is -0.261 e. The normalized spacial score (nSPS) is 12.8. The van der Waals surface area contributed by atoms with Crippen molar-refractivity contribution in [1.29, 1.82) is 5.26 Å². The van der Waals surface area contributed by atoms with Crippen molar-refractivity contribution in [2.45, 2.75) is 11.8 Å². The summed E-state index contributed by atoms with van der Waals surface area (Å²) in [5.41, 5.74) is 1.15. The van der Waals surface area contributed by atoms with Gasteiger partial charge in [0.25, 0.3) is 5.69 Å². The molecule has 0 amide bonds. The largest absolute Gasteiger partial charge is 0.269 e. The zero-order chi connectivity index (χ0) is 17.7. The lowest BCUT2D eigenvalue weighted by molar-refractivity contribution is -0.384. The SMILES string of the molecule is N#CC(Cc1ccc([N+](=O)[O-])cc1)(c1ccccc1)c1cnccn1. The summed E-state index contributed by atoms with van der Waals surface area (Å²) in [5, 5.41) is 20.9. The van der Waals surface area contributed by atoms with Crippen LogP contribution in [0.25, 0.3) is 0 Å². The zero-order valence-corrected chi connectivity index (χ0v) is 13.2. The second-order valence-corrected chi connectivity index (χ2v) is 5.57. The van der Waals surface area contributed by atoms with Crippen LogP contribution in [0.15, 0.2) is 73.2 Å². The van der Waals surface area contributed by atoms with Gasteiger partial charge in [0, 0.05) is 30.9 Å². The summed E-state index contributed by atoms with van der Waals surface area (Å²) in [6.45, 7) is 0. The third kappa shape index (κ3) is 3.21. The van der Waals surface area contributed by atoms with Crippen LogP contribution in [0.5, 0.6) is 0 Å². The predicted octanol–water partition coefficient (Wildman–Crippen LogP) is 3.44. The molecule has 3 aromatic rings. The number of hydrogen-bond acceptors (Lipinski definition) is 5. The van der Waals surface area contributed by atoms with Crippen LogP contribution in [-0.2, 0) is 11.8 Å². The molecule has 0 aliphatic heterocycles. The molecule has 0 N–H and O–H groups in total. The number of aromatic nitrogens is 2. The van der Waals surface area contributed by atoms with E-state index in [9.17, 15) is 15.4 Å². The van der Waals surface area contributed by atoms with Crippen LogP contribution < -0.4 is 0 Å². The highest BCUT2D eigenvalue weighted by atomic mass is 16.6.